The highest BCUT2D eigenvalue weighted by Crippen LogP contribution is 2.24. The van der Waals surface area contributed by atoms with Crippen molar-refractivity contribution in [3.8, 4) is 11.4 Å². The average Bonchev–Trinajstić information content (AvgIpc) is 3.11. The van der Waals surface area contributed by atoms with Crippen LogP contribution in [0.2, 0.25) is 0 Å². The number of nitrogens with one attached hydrogen (secondary N) is 1. The topological polar surface area (TPSA) is 64.9 Å². The Morgan fingerprint density at radius 1 is 1.12 bits per heavy atom. The molecule has 7 heteroatoms. The van der Waals surface area contributed by atoms with Crippen LogP contribution in [-0.2, 0) is 6.54 Å². The lowest BCUT2D eigenvalue weighted by Gasteiger charge is -2.10. The first-order chi connectivity index (χ1) is 12.8. The number of rotatable bonds is 5. The summed E-state index contributed by atoms with van der Waals surface area (Å²) in [4.78, 5) is 8.61. The van der Waals surface area contributed by atoms with Gasteiger partial charge < -0.3 is 10.1 Å². The van der Waals surface area contributed by atoms with Gasteiger partial charge >= 0.3 is 0 Å². The first kappa shape index (κ1) is 16.0. The molecule has 0 atom stereocenters. The second-order valence-electron chi connectivity index (χ2n) is 5.66. The van der Waals surface area contributed by atoms with Crippen molar-refractivity contribution in [1.82, 2.24) is 19.7 Å². The number of ether oxygens (including phenoxy) is 1. The van der Waals surface area contributed by atoms with E-state index in [0.29, 0.717) is 23.7 Å². The Bertz CT molecular complexity index is 1060. The van der Waals surface area contributed by atoms with Crippen molar-refractivity contribution in [2.45, 2.75) is 6.54 Å². The average molecular weight is 349 g/mol. The molecule has 130 valence electrons. The van der Waals surface area contributed by atoms with Gasteiger partial charge in [0.25, 0.3) is 0 Å². The van der Waals surface area contributed by atoms with Gasteiger partial charge in [0.15, 0.2) is 5.65 Å². The quantitative estimate of drug-likeness (QED) is 0.597. The number of aromatic nitrogens is 4. The van der Waals surface area contributed by atoms with Crippen LogP contribution >= 0.6 is 0 Å². The van der Waals surface area contributed by atoms with Crippen LogP contribution in [0.25, 0.3) is 16.7 Å². The molecule has 2 aromatic carbocycles. The monoisotopic (exact) mass is 349 g/mol. The predicted octanol–water partition coefficient (Wildman–Crippen LogP) is 3.58. The fourth-order valence-electron chi connectivity index (χ4n) is 2.81. The number of methoxy groups -OCH3 is 1. The van der Waals surface area contributed by atoms with E-state index in [9.17, 15) is 4.39 Å². The maximum Gasteiger partial charge on any atom is 0.168 e. The number of benzene rings is 2. The molecule has 0 fully saturated rings. The summed E-state index contributed by atoms with van der Waals surface area (Å²) in [5, 5.41) is 8.39. The van der Waals surface area contributed by atoms with Gasteiger partial charge in [0, 0.05) is 12.1 Å². The maximum atomic E-state index is 13.5. The molecule has 2 aromatic heterocycles. The van der Waals surface area contributed by atoms with E-state index in [0.717, 1.165) is 16.7 Å². The summed E-state index contributed by atoms with van der Waals surface area (Å²) in [6, 6.07) is 14.0. The van der Waals surface area contributed by atoms with Gasteiger partial charge in [-0.1, -0.05) is 24.3 Å². The summed E-state index contributed by atoms with van der Waals surface area (Å²) < 4.78 is 20.5. The van der Waals surface area contributed by atoms with Crippen molar-refractivity contribution >= 4 is 16.9 Å². The van der Waals surface area contributed by atoms with E-state index in [1.165, 1.54) is 18.5 Å². The lowest BCUT2D eigenvalue weighted by Crippen LogP contribution is -2.04. The van der Waals surface area contributed by atoms with Crippen molar-refractivity contribution in [2.24, 2.45) is 0 Å². The first-order valence-electron chi connectivity index (χ1n) is 8.06. The van der Waals surface area contributed by atoms with Gasteiger partial charge in [-0.15, -0.1) is 0 Å². The Hall–Kier alpha value is -3.48. The molecule has 4 aromatic rings. The van der Waals surface area contributed by atoms with Crippen LogP contribution in [0.3, 0.4) is 0 Å². The van der Waals surface area contributed by atoms with E-state index < -0.39 is 0 Å². The molecule has 6 nitrogen and oxygen atoms in total. The fraction of sp³-hybridized carbons (Fsp3) is 0.105. The molecule has 0 spiro atoms. The van der Waals surface area contributed by atoms with E-state index in [4.69, 9.17) is 4.74 Å². The zero-order valence-corrected chi connectivity index (χ0v) is 14.1. The molecule has 2 heterocycles. The second-order valence-corrected chi connectivity index (χ2v) is 5.66. The van der Waals surface area contributed by atoms with Gasteiger partial charge in [0.05, 0.1) is 24.4 Å². The number of halogens is 1. The van der Waals surface area contributed by atoms with Gasteiger partial charge in [-0.25, -0.2) is 19.0 Å². The van der Waals surface area contributed by atoms with Crippen LogP contribution in [0.1, 0.15) is 5.56 Å². The summed E-state index contributed by atoms with van der Waals surface area (Å²) in [6.45, 7) is 0.543. The molecule has 0 radical (unpaired) electrons. The first-order valence-corrected chi connectivity index (χ1v) is 8.06. The van der Waals surface area contributed by atoms with Gasteiger partial charge in [-0.3, -0.25) is 0 Å². The van der Waals surface area contributed by atoms with Gasteiger partial charge in [-0.2, -0.15) is 5.10 Å². The third-order valence-corrected chi connectivity index (χ3v) is 4.06. The molecular formula is C19H16FN5O. The molecule has 26 heavy (non-hydrogen) atoms. The van der Waals surface area contributed by atoms with E-state index in [1.807, 2.05) is 24.3 Å². The molecule has 0 aliphatic heterocycles. The number of nitrogens with zero attached hydrogens (tertiary/aromatic N) is 4. The van der Waals surface area contributed by atoms with Crippen molar-refractivity contribution in [3.63, 3.8) is 0 Å². The summed E-state index contributed by atoms with van der Waals surface area (Å²) in [6.07, 6.45) is 3.13. The van der Waals surface area contributed by atoms with Crippen molar-refractivity contribution < 1.29 is 9.13 Å². The van der Waals surface area contributed by atoms with Crippen LogP contribution in [0.4, 0.5) is 10.2 Å². The molecule has 1 N–H and O–H groups in total. The predicted molar refractivity (Wildman–Crippen MR) is 96.9 cm³/mol. The highest BCUT2D eigenvalue weighted by atomic mass is 19.1. The standard InChI is InChI=1S/C19H16FN5O/c1-26-17-8-3-2-5-13(17)10-21-18-16-11-24-25(19(16)23-12-22-18)15-7-4-6-14(20)9-15/h2-9,11-12H,10H2,1H3,(H,21,22,23). The number of hydrogen-bond acceptors (Lipinski definition) is 5. The Kier molecular flexibility index (Phi) is 4.18. The minimum atomic E-state index is -0.324. The van der Waals surface area contributed by atoms with Crippen LogP contribution in [-0.4, -0.2) is 26.9 Å². The van der Waals surface area contributed by atoms with E-state index in [2.05, 4.69) is 20.4 Å². The lowest BCUT2D eigenvalue weighted by molar-refractivity contribution is 0.410. The second kappa shape index (κ2) is 6.79. The number of anilines is 1. The molecule has 0 aliphatic rings. The van der Waals surface area contributed by atoms with Crippen LogP contribution in [0.15, 0.2) is 61.1 Å². The van der Waals surface area contributed by atoms with Crippen molar-refractivity contribution in [2.75, 3.05) is 12.4 Å². The van der Waals surface area contributed by atoms with Crippen LogP contribution < -0.4 is 10.1 Å². The number of para-hydroxylation sites is 1. The highest BCUT2D eigenvalue weighted by molar-refractivity contribution is 5.87. The van der Waals surface area contributed by atoms with Crippen LogP contribution in [0, 0.1) is 5.82 Å². The SMILES string of the molecule is COc1ccccc1CNc1ncnc2c1cnn2-c1cccc(F)c1. The Labute approximate surface area is 149 Å². The molecular weight excluding hydrogens is 333 g/mol. The highest BCUT2D eigenvalue weighted by Gasteiger charge is 2.12. The van der Waals surface area contributed by atoms with Crippen molar-refractivity contribution in [3.05, 3.63) is 72.4 Å². The summed E-state index contributed by atoms with van der Waals surface area (Å²) >= 11 is 0. The minimum absolute atomic E-state index is 0.324. The number of hydrogen-bond donors (Lipinski definition) is 1. The van der Waals surface area contributed by atoms with Gasteiger partial charge in [-0.05, 0) is 24.3 Å². The van der Waals surface area contributed by atoms with E-state index in [-0.39, 0.29) is 5.82 Å². The molecule has 0 aliphatic carbocycles. The Morgan fingerprint density at radius 2 is 2.00 bits per heavy atom. The molecule has 0 saturated carbocycles. The molecule has 0 unspecified atom stereocenters. The number of fused-ring (bicyclic) bond motifs is 1. The minimum Gasteiger partial charge on any atom is -0.496 e. The summed E-state index contributed by atoms with van der Waals surface area (Å²) in [7, 11) is 1.64. The molecule has 0 saturated heterocycles. The summed E-state index contributed by atoms with van der Waals surface area (Å²) in [5.74, 6) is 1.14. The molecule has 0 bridgehead atoms. The van der Waals surface area contributed by atoms with E-state index in [1.54, 1.807) is 30.1 Å². The normalized spacial score (nSPS) is 10.8. The zero-order chi connectivity index (χ0) is 17.9. The largest absolute Gasteiger partial charge is 0.496 e. The molecule has 4 rings (SSSR count). The van der Waals surface area contributed by atoms with Crippen molar-refractivity contribution in [1.29, 1.82) is 0 Å². The zero-order valence-electron chi connectivity index (χ0n) is 14.1. The Balaban J connectivity index is 1.67. The third kappa shape index (κ3) is 2.95. The lowest BCUT2D eigenvalue weighted by atomic mass is 10.2. The van der Waals surface area contributed by atoms with Gasteiger partial charge in [0.2, 0.25) is 0 Å². The van der Waals surface area contributed by atoms with Crippen LogP contribution in [0.5, 0.6) is 5.75 Å². The summed E-state index contributed by atoms with van der Waals surface area (Å²) in [5.41, 5.74) is 2.22. The van der Waals surface area contributed by atoms with E-state index >= 15 is 0 Å². The van der Waals surface area contributed by atoms with Gasteiger partial charge in [0.1, 0.15) is 23.7 Å². The smallest absolute Gasteiger partial charge is 0.168 e. The molecule has 0 amide bonds. The fourth-order valence-corrected chi connectivity index (χ4v) is 2.81. The Morgan fingerprint density at radius 3 is 2.85 bits per heavy atom. The maximum absolute atomic E-state index is 13.5. The third-order valence-electron chi connectivity index (χ3n) is 4.06.